The predicted molar refractivity (Wildman–Crippen MR) is 77.7 cm³/mol. The second kappa shape index (κ2) is 7.19. The Labute approximate surface area is 124 Å². The first kappa shape index (κ1) is 17.1. The Bertz CT molecular complexity index is 641. The van der Waals surface area contributed by atoms with Crippen LogP contribution in [0.2, 0.25) is 0 Å². The van der Waals surface area contributed by atoms with Crippen LogP contribution in [0, 0.1) is 13.8 Å². The van der Waals surface area contributed by atoms with Crippen molar-refractivity contribution in [3.05, 3.63) is 29.3 Å². The molecule has 0 fully saturated rings. The van der Waals surface area contributed by atoms with Crippen LogP contribution in [0.1, 0.15) is 24.5 Å². The summed E-state index contributed by atoms with van der Waals surface area (Å²) >= 11 is 0. The Morgan fingerprint density at radius 2 is 1.81 bits per heavy atom. The molecule has 0 spiro atoms. The van der Waals surface area contributed by atoms with Crippen molar-refractivity contribution >= 4 is 21.8 Å². The molecule has 0 saturated heterocycles. The van der Waals surface area contributed by atoms with Gasteiger partial charge in [-0.2, -0.15) is 0 Å². The van der Waals surface area contributed by atoms with Crippen LogP contribution < -0.4 is 15.6 Å². The van der Waals surface area contributed by atoms with Crippen molar-refractivity contribution in [1.29, 1.82) is 0 Å². The van der Waals surface area contributed by atoms with Gasteiger partial charge in [-0.3, -0.25) is 20.4 Å². The summed E-state index contributed by atoms with van der Waals surface area (Å²) in [7, 11) is -3.66. The second-order valence-electron chi connectivity index (χ2n) is 4.65. The zero-order valence-electron chi connectivity index (χ0n) is 12.2. The normalized spacial score (nSPS) is 11.0. The fraction of sp³-hybridized carbons (Fsp3) is 0.385. The van der Waals surface area contributed by atoms with Gasteiger partial charge in [0.1, 0.15) is 0 Å². The molecule has 0 heterocycles. The van der Waals surface area contributed by atoms with Gasteiger partial charge in [-0.05, 0) is 31.0 Å². The molecule has 0 unspecified atom stereocenters. The van der Waals surface area contributed by atoms with Crippen LogP contribution in [0.4, 0.5) is 0 Å². The Balaban J connectivity index is 2.60. The third-order valence-electron chi connectivity index (χ3n) is 2.66. The van der Waals surface area contributed by atoms with Gasteiger partial charge in [-0.1, -0.05) is 12.1 Å². The van der Waals surface area contributed by atoms with Crippen molar-refractivity contribution < 1.29 is 18.0 Å². The number of amides is 2. The van der Waals surface area contributed by atoms with Gasteiger partial charge in [-0.15, -0.1) is 0 Å². The number of aryl methyl sites for hydroxylation is 2. The van der Waals surface area contributed by atoms with E-state index in [1.807, 2.05) is 6.07 Å². The number of hydrogen-bond donors (Lipinski definition) is 3. The molecule has 3 N–H and O–H groups in total. The first-order valence-electron chi connectivity index (χ1n) is 6.34. The monoisotopic (exact) mass is 313 g/mol. The molecule has 7 nitrogen and oxygen atoms in total. The number of carbonyl (C=O) groups excluding carboxylic acids is 2. The molecule has 1 aromatic rings. The van der Waals surface area contributed by atoms with E-state index < -0.39 is 21.8 Å². The standard InChI is InChI=1S/C13H19N3O4S/c1-9-4-5-10(2)12(8-9)21(19,20)14-7-6-13(18)16-15-11(3)17/h4-5,8,14H,6-7H2,1-3H3,(H,15,17)(H,16,18). The lowest BCUT2D eigenvalue weighted by molar-refractivity contribution is -0.127. The molecule has 0 bridgehead atoms. The van der Waals surface area contributed by atoms with Gasteiger partial charge in [0.05, 0.1) is 4.90 Å². The summed E-state index contributed by atoms with van der Waals surface area (Å²) in [6, 6.07) is 5.14. The Morgan fingerprint density at radius 3 is 2.43 bits per heavy atom. The maximum Gasteiger partial charge on any atom is 0.240 e. The van der Waals surface area contributed by atoms with E-state index in [1.165, 1.54) is 6.92 Å². The second-order valence-corrected chi connectivity index (χ2v) is 6.38. The van der Waals surface area contributed by atoms with E-state index in [0.717, 1.165) is 5.56 Å². The molecule has 21 heavy (non-hydrogen) atoms. The van der Waals surface area contributed by atoms with Crippen LogP contribution >= 0.6 is 0 Å². The van der Waals surface area contributed by atoms with Crippen molar-refractivity contribution in [3.8, 4) is 0 Å². The average Bonchev–Trinajstić information content (AvgIpc) is 2.39. The van der Waals surface area contributed by atoms with Gasteiger partial charge in [0, 0.05) is 19.9 Å². The van der Waals surface area contributed by atoms with Crippen LogP contribution in [-0.2, 0) is 19.6 Å². The van der Waals surface area contributed by atoms with Crippen molar-refractivity contribution in [1.82, 2.24) is 15.6 Å². The molecule has 8 heteroatoms. The summed E-state index contributed by atoms with van der Waals surface area (Å²) in [5.74, 6) is -0.881. The molecule has 116 valence electrons. The molecular formula is C13H19N3O4S. The third kappa shape index (κ3) is 5.52. The molecular weight excluding hydrogens is 294 g/mol. The minimum Gasteiger partial charge on any atom is -0.274 e. The van der Waals surface area contributed by atoms with Crippen LogP contribution in [-0.4, -0.2) is 26.8 Å². The van der Waals surface area contributed by atoms with E-state index >= 15 is 0 Å². The highest BCUT2D eigenvalue weighted by atomic mass is 32.2. The number of hydrazine groups is 1. The largest absolute Gasteiger partial charge is 0.274 e. The smallest absolute Gasteiger partial charge is 0.240 e. The topological polar surface area (TPSA) is 104 Å². The lowest BCUT2D eigenvalue weighted by atomic mass is 10.2. The number of hydrogen-bond acceptors (Lipinski definition) is 4. The van der Waals surface area contributed by atoms with Gasteiger partial charge in [0.25, 0.3) is 0 Å². The summed E-state index contributed by atoms with van der Waals surface area (Å²) in [5.41, 5.74) is 5.75. The Kier molecular flexibility index (Phi) is 5.86. The number of benzene rings is 1. The molecule has 0 aliphatic heterocycles. The number of nitrogens with one attached hydrogen (secondary N) is 3. The quantitative estimate of drug-likeness (QED) is 0.672. The van der Waals surface area contributed by atoms with Gasteiger partial charge >= 0.3 is 0 Å². The maximum atomic E-state index is 12.1. The van der Waals surface area contributed by atoms with Crippen LogP contribution in [0.15, 0.2) is 23.1 Å². The Hall–Kier alpha value is -1.93. The fourth-order valence-electron chi connectivity index (χ4n) is 1.59. The molecule has 0 aliphatic carbocycles. The highest BCUT2D eigenvalue weighted by molar-refractivity contribution is 7.89. The first-order chi connectivity index (χ1) is 9.72. The van der Waals surface area contributed by atoms with Crippen LogP contribution in [0.25, 0.3) is 0 Å². The summed E-state index contributed by atoms with van der Waals surface area (Å²) in [5, 5.41) is 0. The maximum absolute atomic E-state index is 12.1. The Morgan fingerprint density at radius 1 is 1.14 bits per heavy atom. The van der Waals surface area contributed by atoms with E-state index in [1.54, 1.807) is 26.0 Å². The zero-order chi connectivity index (χ0) is 16.0. The molecule has 1 aromatic carbocycles. The summed E-state index contributed by atoms with van der Waals surface area (Å²) in [4.78, 5) is 22.1. The zero-order valence-corrected chi connectivity index (χ0v) is 13.0. The molecule has 2 amide bonds. The summed E-state index contributed by atoms with van der Waals surface area (Å²) in [6.45, 7) is 4.71. The predicted octanol–water partition coefficient (Wildman–Crippen LogP) is 0.139. The molecule has 0 aliphatic rings. The van der Waals surface area contributed by atoms with Gasteiger partial charge in [-0.25, -0.2) is 13.1 Å². The third-order valence-corrected chi connectivity index (χ3v) is 4.26. The van der Waals surface area contributed by atoms with Crippen LogP contribution in [0.3, 0.4) is 0 Å². The van der Waals surface area contributed by atoms with E-state index in [2.05, 4.69) is 15.6 Å². The highest BCUT2D eigenvalue weighted by Gasteiger charge is 2.16. The minimum absolute atomic E-state index is 0.0544. The molecule has 0 saturated carbocycles. The van der Waals surface area contributed by atoms with Crippen molar-refractivity contribution in [2.24, 2.45) is 0 Å². The van der Waals surface area contributed by atoms with Crippen molar-refractivity contribution in [2.75, 3.05) is 6.54 Å². The van der Waals surface area contributed by atoms with Gasteiger partial charge in [0.2, 0.25) is 21.8 Å². The number of carbonyl (C=O) groups is 2. The molecule has 0 atom stereocenters. The lowest BCUT2D eigenvalue weighted by Crippen LogP contribution is -2.41. The van der Waals surface area contributed by atoms with E-state index in [0.29, 0.717) is 5.56 Å². The van der Waals surface area contributed by atoms with Gasteiger partial charge < -0.3 is 0 Å². The van der Waals surface area contributed by atoms with Crippen molar-refractivity contribution in [2.45, 2.75) is 32.1 Å². The minimum atomic E-state index is -3.66. The fourth-order valence-corrected chi connectivity index (χ4v) is 2.95. The SMILES string of the molecule is CC(=O)NNC(=O)CCNS(=O)(=O)c1cc(C)ccc1C. The summed E-state index contributed by atoms with van der Waals surface area (Å²) in [6.07, 6.45) is -0.0790. The molecule has 0 radical (unpaired) electrons. The van der Waals surface area contributed by atoms with E-state index in [-0.39, 0.29) is 17.9 Å². The molecule has 0 aromatic heterocycles. The highest BCUT2D eigenvalue weighted by Crippen LogP contribution is 2.16. The van der Waals surface area contributed by atoms with E-state index in [9.17, 15) is 18.0 Å². The van der Waals surface area contributed by atoms with Crippen LogP contribution in [0.5, 0.6) is 0 Å². The average molecular weight is 313 g/mol. The first-order valence-corrected chi connectivity index (χ1v) is 7.83. The van der Waals surface area contributed by atoms with E-state index in [4.69, 9.17) is 0 Å². The summed E-state index contributed by atoms with van der Waals surface area (Å²) < 4.78 is 26.6. The van der Waals surface area contributed by atoms with Gasteiger partial charge in [0.15, 0.2) is 0 Å². The lowest BCUT2D eigenvalue weighted by Gasteiger charge is -2.10. The number of sulfonamides is 1. The van der Waals surface area contributed by atoms with Crippen molar-refractivity contribution in [3.63, 3.8) is 0 Å². The number of rotatable bonds is 5. The molecule has 1 rings (SSSR count).